The molecule has 0 spiro atoms. The molecule has 0 amide bonds. The number of H-pyrrole nitrogens is 1. The lowest BCUT2D eigenvalue weighted by atomic mass is 10.3. The van der Waals surface area contributed by atoms with E-state index >= 15 is 0 Å². The molecule has 5 nitrogen and oxygen atoms in total. The normalized spacial score (nSPS) is 10.6. The van der Waals surface area contributed by atoms with E-state index in [9.17, 15) is 14.9 Å². The molecular weight excluding hydrogens is 228 g/mol. The van der Waals surface area contributed by atoms with Crippen LogP contribution < -0.4 is 4.87 Å². The second kappa shape index (κ2) is 3.07. The maximum Gasteiger partial charge on any atom is 0.305 e. The summed E-state index contributed by atoms with van der Waals surface area (Å²) in [4.78, 5) is 23.1. The fraction of sp³-hybridized carbons (Fsp3) is 0. The molecule has 14 heavy (non-hydrogen) atoms. The van der Waals surface area contributed by atoms with Crippen molar-refractivity contribution in [1.29, 1.82) is 0 Å². The summed E-state index contributed by atoms with van der Waals surface area (Å²) in [5.41, 5.74) is 0.338. The minimum atomic E-state index is -0.546. The smallest absolute Gasteiger partial charge is 0.305 e. The molecule has 2 rings (SSSR count). The largest absolute Gasteiger partial charge is 0.311 e. The lowest BCUT2D eigenvalue weighted by Crippen LogP contribution is -1.90. The van der Waals surface area contributed by atoms with Gasteiger partial charge in [-0.1, -0.05) is 22.9 Å². The van der Waals surface area contributed by atoms with Crippen LogP contribution >= 0.6 is 22.9 Å². The van der Waals surface area contributed by atoms with Crippen LogP contribution in [0.2, 0.25) is 5.02 Å². The summed E-state index contributed by atoms with van der Waals surface area (Å²) in [7, 11) is 0. The minimum absolute atomic E-state index is 0.113. The monoisotopic (exact) mass is 230 g/mol. The predicted octanol–water partition coefficient (Wildman–Crippen LogP) is 2.15. The molecule has 1 aromatic carbocycles. The molecular formula is C7H3ClN2O3S. The molecule has 0 bridgehead atoms. The average molecular weight is 231 g/mol. The SMILES string of the molecule is O=c1[nH]c2c(Cl)cc([N+](=O)[O-])cc2s1. The van der Waals surface area contributed by atoms with Crippen LogP contribution in [0.15, 0.2) is 16.9 Å². The Morgan fingerprint density at radius 2 is 2.21 bits per heavy atom. The highest BCUT2D eigenvalue weighted by Crippen LogP contribution is 2.28. The predicted molar refractivity (Wildman–Crippen MR) is 54.1 cm³/mol. The number of non-ortho nitro benzene ring substituents is 1. The van der Waals surface area contributed by atoms with Gasteiger partial charge in [-0.15, -0.1) is 0 Å². The third-order valence-corrected chi connectivity index (χ3v) is 2.81. The number of benzene rings is 1. The molecule has 0 atom stereocenters. The van der Waals surface area contributed by atoms with Gasteiger partial charge in [0.1, 0.15) is 0 Å². The van der Waals surface area contributed by atoms with Gasteiger partial charge in [0.2, 0.25) is 0 Å². The summed E-state index contributed by atoms with van der Waals surface area (Å²) in [5.74, 6) is 0. The van der Waals surface area contributed by atoms with Gasteiger partial charge in [-0.25, -0.2) is 0 Å². The summed E-state index contributed by atoms with van der Waals surface area (Å²) >= 11 is 6.65. The maximum atomic E-state index is 11.0. The van der Waals surface area contributed by atoms with Crippen molar-refractivity contribution in [3.63, 3.8) is 0 Å². The zero-order chi connectivity index (χ0) is 10.3. The van der Waals surface area contributed by atoms with Crippen molar-refractivity contribution in [3.05, 3.63) is 36.9 Å². The summed E-state index contributed by atoms with van der Waals surface area (Å²) < 4.78 is 0.495. The van der Waals surface area contributed by atoms with Crippen LogP contribution in [0.5, 0.6) is 0 Å². The number of fused-ring (bicyclic) bond motifs is 1. The Kier molecular flexibility index (Phi) is 2.01. The van der Waals surface area contributed by atoms with Gasteiger partial charge < -0.3 is 4.98 Å². The van der Waals surface area contributed by atoms with Crippen molar-refractivity contribution < 1.29 is 4.92 Å². The molecule has 7 heteroatoms. The van der Waals surface area contributed by atoms with E-state index in [1.165, 1.54) is 12.1 Å². The third kappa shape index (κ3) is 1.38. The van der Waals surface area contributed by atoms with Crippen LogP contribution in [0.1, 0.15) is 0 Å². The second-order valence-corrected chi connectivity index (χ2v) is 3.99. The number of hydrogen-bond acceptors (Lipinski definition) is 4. The van der Waals surface area contributed by atoms with Crippen molar-refractivity contribution in [3.8, 4) is 0 Å². The summed E-state index contributed by atoms with van der Waals surface area (Å²) in [6.07, 6.45) is 0. The number of aromatic amines is 1. The molecule has 1 N–H and O–H groups in total. The molecule has 1 heterocycles. The van der Waals surface area contributed by atoms with Gasteiger partial charge in [-0.2, -0.15) is 0 Å². The molecule has 0 aliphatic rings. The Hall–Kier alpha value is -1.40. The number of halogens is 1. The lowest BCUT2D eigenvalue weighted by Gasteiger charge is -1.93. The van der Waals surface area contributed by atoms with E-state index in [1.54, 1.807) is 0 Å². The van der Waals surface area contributed by atoms with Gasteiger partial charge in [0.15, 0.2) is 0 Å². The van der Waals surface area contributed by atoms with Crippen LogP contribution in [-0.4, -0.2) is 9.91 Å². The van der Waals surface area contributed by atoms with Gasteiger partial charge in [0, 0.05) is 12.1 Å². The molecule has 0 saturated carbocycles. The maximum absolute atomic E-state index is 11.0. The number of nitrogens with zero attached hydrogens (tertiary/aromatic N) is 1. The molecule has 0 saturated heterocycles. The van der Waals surface area contributed by atoms with Gasteiger partial charge >= 0.3 is 4.87 Å². The Bertz CT molecular complexity index is 574. The molecule has 0 unspecified atom stereocenters. The number of aromatic nitrogens is 1. The van der Waals surface area contributed by atoms with Crippen LogP contribution in [0.4, 0.5) is 5.69 Å². The molecule has 2 aromatic rings. The van der Waals surface area contributed by atoms with Crippen LogP contribution in [0, 0.1) is 10.1 Å². The minimum Gasteiger partial charge on any atom is -0.311 e. The lowest BCUT2D eigenvalue weighted by molar-refractivity contribution is -0.384. The number of hydrogen-bond donors (Lipinski definition) is 1. The van der Waals surface area contributed by atoms with Gasteiger partial charge in [-0.3, -0.25) is 14.9 Å². The fourth-order valence-corrected chi connectivity index (χ4v) is 2.21. The van der Waals surface area contributed by atoms with Crippen molar-refractivity contribution in [2.75, 3.05) is 0 Å². The van der Waals surface area contributed by atoms with E-state index < -0.39 is 4.92 Å². The average Bonchev–Trinajstić information content (AvgIpc) is 2.45. The molecule has 0 aliphatic carbocycles. The summed E-state index contributed by atoms with van der Waals surface area (Å²) in [6.45, 7) is 0. The highest BCUT2D eigenvalue weighted by Gasteiger charge is 2.12. The van der Waals surface area contributed by atoms with Crippen LogP contribution in [0.25, 0.3) is 10.2 Å². The summed E-state index contributed by atoms with van der Waals surface area (Å²) in [6, 6.07) is 2.54. The molecule has 1 aromatic heterocycles. The zero-order valence-corrected chi connectivity index (χ0v) is 8.19. The van der Waals surface area contributed by atoms with E-state index in [1.807, 2.05) is 0 Å². The molecule has 0 aliphatic heterocycles. The van der Waals surface area contributed by atoms with E-state index in [4.69, 9.17) is 11.6 Å². The molecule has 72 valence electrons. The number of nitro benzene ring substituents is 1. The Labute approximate surface area is 86.1 Å². The highest BCUT2D eigenvalue weighted by molar-refractivity contribution is 7.16. The number of rotatable bonds is 1. The Balaban J connectivity index is 2.84. The fourth-order valence-electron chi connectivity index (χ4n) is 1.10. The van der Waals surface area contributed by atoms with E-state index in [2.05, 4.69) is 4.98 Å². The first-order valence-electron chi connectivity index (χ1n) is 3.54. The third-order valence-electron chi connectivity index (χ3n) is 1.68. The number of nitrogens with one attached hydrogen (secondary N) is 1. The highest BCUT2D eigenvalue weighted by atomic mass is 35.5. The Morgan fingerprint density at radius 1 is 1.50 bits per heavy atom. The standard InChI is InChI=1S/C7H3ClN2O3S/c8-4-1-3(10(12)13)2-5-6(4)9-7(11)14-5/h1-2H,(H,9,11). The van der Waals surface area contributed by atoms with Crippen molar-refractivity contribution in [2.45, 2.75) is 0 Å². The summed E-state index contributed by atoms with van der Waals surface area (Å²) in [5, 5.41) is 10.7. The van der Waals surface area contributed by atoms with Crippen LogP contribution in [0.3, 0.4) is 0 Å². The van der Waals surface area contributed by atoms with Gasteiger partial charge in [0.25, 0.3) is 5.69 Å². The first-order valence-corrected chi connectivity index (χ1v) is 4.74. The first-order chi connectivity index (χ1) is 6.58. The van der Waals surface area contributed by atoms with Crippen molar-refractivity contribution >= 4 is 38.8 Å². The topological polar surface area (TPSA) is 76.0 Å². The number of nitro groups is 1. The van der Waals surface area contributed by atoms with Crippen molar-refractivity contribution in [1.82, 2.24) is 4.98 Å². The zero-order valence-electron chi connectivity index (χ0n) is 6.61. The second-order valence-electron chi connectivity index (χ2n) is 2.57. The van der Waals surface area contributed by atoms with Gasteiger partial charge in [0.05, 0.1) is 20.2 Å². The first kappa shape index (κ1) is 9.17. The van der Waals surface area contributed by atoms with Crippen LogP contribution in [-0.2, 0) is 0 Å². The van der Waals surface area contributed by atoms with Crippen molar-refractivity contribution in [2.24, 2.45) is 0 Å². The van der Waals surface area contributed by atoms with E-state index in [-0.39, 0.29) is 15.6 Å². The molecule has 0 fully saturated rings. The molecule has 0 radical (unpaired) electrons. The quantitative estimate of drug-likeness (QED) is 0.602. The van der Waals surface area contributed by atoms with Gasteiger partial charge in [-0.05, 0) is 0 Å². The van der Waals surface area contributed by atoms with E-state index in [0.29, 0.717) is 10.2 Å². The Morgan fingerprint density at radius 3 is 2.86 bits per heavy atom. The van der Waals surface area contributed by atoms with E-state index in [0.717, 1.165) is 11.3 Å². The number of thiazole rings is 1.